The molecule has 0 aromatic heterocycles. The van der Waals surface area contributed by atoms with Crippen LogP contribution in [0.2, 0.25) is 0 Å². The monoisotopic (exact) mass is 355 g/mol. The molecule has 0 unspecified atom stereocenters. The lowest BCUT2D eigenvalue weighted by molar-refractivity contribution is 0.104. The van der Waals surface area contributed by atoms with E-state index in [4.69, 9.17) is 0 Å². The molecule has 0 atom stereocenters. The minimum absolute atomic E-state index is 0.0109. The van der Waals surface area contributed by atoms with E-state index >= 15 is 0 Å². The van der Waals surface area contributed by atoms with Crippen molar-refractivity contribution in [3.05, 3.63) is 112 Å². The topological polar surface area (TPSA) is 29.1 Å². The van der Waals surface area contributed by atoms with E-state index in [1.807, 2.05) is 43.3 Å². The molecular weight excluding hydrogens is 330 g/mol. The number of nitrogens with one attached hydrogen (secondary N) is 1. The zero-order valence-electron chi connectivity index (χ0n) is 16.1. The Bertz CT molecular complexity index is 884. The molecule has 0 aliphatic rings. The molecule has 0 spiro atoms. The zero-order chi connectivity index (χ0) is 19.2. The number of benzene rings is 3. The highest BCUT2D eigenvalue weighted by Crippen LogP contribution is 2.17. The first kappa shape index (κ1) is 18.7. The van der Waals surface area contributed by atoms with Crippen LogP contribution in [-0.4, -0.2) is 5.78 Å². The number of allylic oxidation sites excluding steroid dienone is 2. The highest BCUT2D eigenvalue weighted by atomic mass is 16.1. The number of ketones is 1. The summed E-state index contributed by atoms with van der Waals surface area (Å²) in [5, 5.41) is 3.42. The van der Waals surface area contributed by atoms with Gasteiger partial charge in [-0.15, -0.1) is 0 Å². The van der Waals surface area contributed by atoms with Crippen molar-refractivity contribution in [1.29, 1.82) is 0 Å². The second-order valence-corrected chi connectivity index (χ2v) is 7.05. The fourth-order valence-electron chi connectivity index (χ4n) is 2.84. The standard InChI is InChI=1S/C25H25NO/c1-18-4-10-21(11-5-18)16-24(26-23-14-8-20(3)9-15-23)17-25(27)22-12-6-19(2)7-13-22/h4-15,17,26H,16H2,1-3H3/b24-17-. The van der Waals surface area contributed by atoms with Crippen LogP contribution in [0.25, 0.3) is 0 Å². The summed E-state index contributed by atoms with van der Waals surface area (Å²) in [6, 6.07) is 24.3. The first-order valence-electron chi connectivity index (χ1n) is 9.20. The fraction of sp³-hybridized carbons (Fsp3) is 0.160. The number of aryl methyl sites for hydroxylation is 3. The molecule has 27 heavy (non-hydrogen) atoms. The van der Waals surface area contributed by atoms with Crippen LogP contribution in [0.15, 0.2) is 84.6 Å². The van der Waals surface area contributed by atoms with Crippen molar-refractivity contribution >= 4 is 11.5 Å². The summed E-state index contributed by atoms with van der Waals surface area (Å²) in [4.78, 5) is 12.7. The molecular formula is C25H25NO. The number of hydrogen-bond acceptors (Lipinski definition) is 2. The fourth-order valence-corrected chi connectivity index (χ4v) is 2.84. The van der Waals surface area contributed by atoms with Crippen molar-refractivity contribution in [2.45, 2.75) is 27.2 Å². The Morgan fingerprint density at radius 3 is 1.78 bits per heavy atom. The Kier molecular flexibility index (Phi) is 5.87. The molecule has 0 saturated carbocycles. The molecule has 136 valence electrons. The lowest BCUT2D eigenvalue weighted by atomic mass is 10.0. The first-order valence-corrected chi connectivity index (χ1v) is 9.20. The number of carbonyl (C=O) groups excluding carboxylic acids is 1. The van der Waals surface area contributed by atoms with Crippen molar-refractivity contribution in [1.82, 2.24) is 0 Å². The third-order valence-electron chi connectivity index (χ3n) is 4.51. The lowest BCUT2D eigenvalue weighted by Crippen LogP contribution is -2.07. The predicted molar refractivity (Wildman–Crippen MR) is 113 cm³/mol. The molecule has 0 amide bonds. The molecule has 1 N–H and O–H groups in total. The van der Waals surface area contributed by atoms with Crippen LogP contribution in [0.1, 0.15) is 32.6 Å². The SMILES string of the molecule is Cc1ccc(C/C(=C/C(=O)c2ccc(C)cc2)Nc2ccc(C)cc2)cc1. The summed E-state index contributed by atoms with van der Waals surface area (Å²) < 4.78 is 0. The number of hydrogen-bond donors (Lipinski definition) is 1. The quantitative estimate of drug-likeness (QED) is 0.432. The van der Waals surface area contributed by atoms with Crippen LogP contribution < -0.4 is 5.32 Å². The van der Waals surface area contributed by atoms with Crippen LogP contribution in [0.5, 0.6) is 0 Å². The minimum Gasteiger partial charge on any atom is -0.359 e. The van der Waals surface area contributed by atoms with Gasteiger partial charge < -0.3 is 5.32 Å². The van der Waals surface area contributed by atoms with Crippen molar-refractivity contribution in [3.63, 3.8) is 0 Å². The largest absolute Gasteiger partial charge is 0.359 e. The van der Waals surface area contributed by atoms with Gasteiger partial charge in [0.1, 0.15) is 0 Å². The molecule has 0 aliphatic heterocycles. The third kappa shape index (κ3) is 5.42. The molecule has 0 aliphatic carbocycles. The summed E-state index contributed by atoms with van der Waals surface area (Å²) >= 11 is 0. The second-order valence-electron chi connectivity index (χ2n) is 7.05. The van der Waals surface area contributed by atoms with Gasteiger partial charge in [-0.2, -0.15) is 0 Å². The van der Waals surface area contributed by atoms with Gasteiger partial charge in [-0.3, -0.25) is 4.79 Å². The number of rotatable bonds is 6. The smallest absolute Gasteiger partial charge is 0.187 e. The highest BCUT2D eigenvalue weighted by molar-refractivity contribution is 6.05. The molecule has 3 aromatic rings. The van der Waals surface area contributed by atoms with Crippen LogP contribution in [0.3, 0.4) is 0 Å². The number of carbonyl (C=O) groups is 1. The van der Waals surface area contributed by atoms with Gasteiger partial charge in [-0.05, 0) is 38.5 Å². The van der Waals surface area contributed by atoms with E-state index in [0.29, 0.717) is 12.0 Å². The van der Waals surface area contributed by atoms with E-state index in [-0.39, 0.29) is 5.78 Å². The Morgan fingerprint density at radius 1 is 0.741 bits per heavy atom. The summed E-state index contributed by atoms with van der Waals surface area (Å²) in [6.45, 7) is 6.16. The van der Waals surface area contributed by atoms with Gasteiger partial charge in [0.05, 0.1) is 0 Å². The Labute approximate surface area is 161 Å². The van der Waals surface area contributed by atoms with E-state index in [1.54, 1.807) is 6.08 Å². The summed E-state index contributed by atoms with van der Waals surface area (Å²) in [6.07, 6.45) is 2.39. The van der Waals surface area contributed by atoms with Crippen molar-refractivity contribution in [2.24, 2.45) is 0 Å². The van der Waals surface area contributed by atoms with Crippen LogP contribution in [0.4, 0.5) is 5.69 Å². The van der Waals surface area contributed by atoms with Gasteiger partial charge in [0.25, 0.3) is 0 Å². The zero-order valence-corrected chi connectivity index (χ0v) is 16.1. The van der Waals surface area contributed by atoms with Gasteiger partial charge in [-0.1, -0.05) is 77.4 Å². The second kappa shape index (κ2) is 8.50. The van der Waals surface area contributed by atoms with Crippen LogP contribution >= 0.6 is 0 Å². The predicted octanol–water partition coefficient (Wildman–Crippen LogP) is 6.03. The maximum atomic E-state index is 12.7. The van der Waals surface area contributed by atoms with Gasteiger partial charge in [0.2, 0.25) is 0 Å². The van der Waals surface area contributed by atoms with Crippen molar-refractivity contribution < 1.29 is 4.79 Å². The summed E-state index contributed by atoms with van der Waals surface area (Å²) in [5.74, 6) is 0.0109. The average molecular weight is 355 g/mol. The Balaban J connectivity index is 1.87. The summed E-state index contributed by atoms with van der Waals surface area (Å²) in [7, 11) is 0. The van der Waals surface area contributed by atoms with E-state index < -0.39 is 0 Å². The molecule has 0 fully saturated rings. The van der Waals surface area contributed by atoms with E-state index in [9.17, 15) is 4.79 Å². The van der Waals surface area contributed by atoms with Crippen molar-refractivity contribution in [3.8, 4) is 0 Å². The molecule has 2 heteroatoms. The minimum atomic E-state index is 0.0109. The highest BCUT2D eigenvalue weighted by Gasteiger charge is 2.07. The van der Waals surface area contributed by atoms with Gasteiger partial charge in [-0.25, -0.2) is 0 Å². The molecule has 0 radical (unpaired) electrons. The first-order chi connectivity index (χ1) is 13.0. The van der Waals surface area contributed by atoms with Crippen LogP contribution in [-0.2, 0) is 6.42 Å². The van der Waals surface area contributed by atoms with Crippen molar-refractivity contribution in [2.75, 3.05) is 5.32 Å². The van der Waals surface area contributed by atoms with Gasteiger partial charge in [0, 0.05) is 29.4 Å². The van der Waals surface area contributed by atoms with E-state index in [0.717, 1.165) is 16.9 Å². The maximum Gasteiger partial charge on any atom is 0.187 e. The maximum absolute atomic E-state index is 12.7. The Hall–Kier alpha value is -3.13. The molecule has 3 rings (SSSR count). The van der Waals surface area contributed by atoms with E-state index in [2.05, 4.69) is 55.6 Å². The molecule has 0 bridgehead atoms. The Morgan fingerprint density at radius 2 is 1.22 bits per heavy atom. The molecule has 0 heterocycles. The third-order valence-corrected chi connectivity index (χ3v) is 4.51. The van der Waals surface area contributed by atoms with Gasteiger partial charge >= 0.3 is 0 Å². The van der Waals surface area contributed by atoms with Gasteiger partial charge in [0.15, 0.2) is 5.78 Å². The van der Waals surface area contributed by atoms with E-state index in [1.165, 1.54) is 16.7 Å². The number of anilines is 1. The van der Waals surface area contributed by atoms with Crippen LogP contribution in [0, 0.1) is 20.8 Å². The lowest BCUT2D eigenvalue weighted by Gasteiger charge is -2.12. The molecule has 0 saturated heterocycles. The average Bonchev–Trinajstić information content (AvgIpc) is 2.66. The summed E-state index contributed by atoms with van der Waals surface area (Å²) in [5.41, 5.74) is 7.32. The normalized spacial score (nSPS) is 11.3. The molecule has 2 nitrogen and oxygen atoms in total. The molecule has 3 aromatic carbocycles.